The van der Waals surface area contributed by atoms with Gasteiger partial charge in [0, 0.05) is 10.7 Å². The van der Waals surface area contributed by atoms with E-state index in [9.17, 15) is 9.59 Å². The first kappa shape index (κ1) is 18.4. The molecule has 0 spiro atoms. The molecule has 0 saturated heterocycles. The van der Waals surface area contributed by atoms with Gasteiger partial charge in [-0.05, 0) is 85.8 Å². The maximum absolute atomic E-state index is 12.2. The van der Waals surface area contributed by atoms with E-state index in [1.54, 1.807) is 6.07 Å². The fourth-order valence-corrected chi connectivity index (χ4v) is 3.87. The zero-order chi connectivity index (χ0) is 15.4. The van der Waals surface area contributed by atoms with Crippen LogP contribution in [0.3, 0.4) is 0 Å². The highest BCUT2D eigenvalue weighted by Crippen LogP contribution is 2.24. The zero-order valence-electron chi connectivity index (χ0n) is 10.8. The van der Waals surface area contributed by atoms with Gasteiger partial charge in [0.15, 0.2) is 0 Å². The number of rotatable bonds is 5. The molecule has 0 fully saturated rings. The number of esters is 1. The van der Waals surface area contributed by atoms with Gasteiger partial charge in [0.25, 0.3) is 0 Å². The molecule has 0 aliphatic carbocycles. The quantitative estimate of drug-likeness (QED) is 0.308. The van der Waals surface area contributed by atoms with Crippen molar-refractivity contribution in [2.75, 3.05) is 0 Å². The predicted molar refractivity (Wildman–Crippen MR) is 101 cm³/mol. The van der Waals surface area contributed by atoms with Crippen molar-refractivity contribution in [1.29, 1.82) is 0 Å². The number of hydrogen-bond donors (Lipinski definition) is 1. The summed E-state index contributed by atoms with van der Waals surface area (Å²) >= 11 is 6.40. The number of hydrogen-bond acceptors (Lipinski definition) is 3. The standard InChI is InChI=1S/C13H13I3O4/c1-6(2)10(5-11(17)18)20-13(19)8-3-7(14)4-9(15)12(8)16/h3-4,6,10H,5H2,1-2H3,(H,17,18). The van der Waals surface area contributed by atoms with E-state index in [0.717, 1.165) is 10.7 Å². The minimum Gasteiger partial charge on any atom is -0.481 e. The first-order valence-electron chi connectivity index (χ1n) is 5.79. The van der Waals surface area contributed by atoms with E-state index in [0.29, 0.717) is 5.56 Å². The number of carbonyl (C=O) groups is 2. The minimum atomic E-state index is -0.969. The number of halogens is 3. The number of aliphatic carboxylic acids is 1. The zero-order valence-corrected chi connectivity index (χ0v) is 17.3. The molecule has 0 aliphatic rings. The van der Waals surface area contributed by atoms with Crippen molar-refractivity contribution in [3.63, 3.8) is 0 Å². The third kappa shape index (κ3) is 5.28. The van der Waals surface area contributed by atoms with Gasteiger partial charge in [-0.2, -0.15) is 0 Å². The lowest BCUT2D eigenvalue weighted by atomic mass is 10.0. The summed E-state index contributed by atoms with van der Waals surface area (Å²) in [7, 11) is 0. The average Bonchev–Trinajstić information content (AvgIpc) is 2.32. The van der Waals surface area contributed by atoms with E-state index < -0.39 is 18.0 Å². The smallest absolute Gasteiger partial charge is 0.339 e. The minimum absolute atomic E-state index is 0.0467. The van der Waals surface area contributed by atoms with Crippen LogP contribution in [-0.2, 0) is 9.53 Å². The lowest BCUT2D eigenvalue weighted by Crippen LogP contribution is -2.27. The Bertz CT molecular complexity index is 529. The Morgan fingerprint density at radius 3 is 2.35 bits per heavy atom. The van der Waals surface area contributed by atoms with Crippen LogP contribution in [0.2, 0.25) is 0 Å². The van der Waals surface area contributed by atoms with Crippen molar-refractivity contribution < 1.29 is 19.4 Å². The third-order valence-corrected chi connectivity index (χ3v) is 6.26. The summed E-state index contributed by atoms with van der Waals surface area (Å²) in [6.07, 6.45) is -0.799. The van der Waals surface area contributed by atoms with Crippen LogP contribution in [0.5, 0.6) is 0 Å². The second kappa shape index (κ2) is 8.11. The summed E-state index contributed by atoms with van der Waals surface area (Å²) in [6, 6.07) is 3.72. The molecule has 110 valence electrons. The number of ether oxygens (including phenoxy) is 1. The van der Waals surface area contributed by atoms with Crippen LogP contribution in [0.4, 0.5) is 0 Å². The molecule has 0 aliphatic heterocycles. The van der Waals surface area contributed by atoms with Gasteiger partial charge in [0.1, 0.15) is 6.10 Å². The molecular formula is C13H13I3O4. The number of benzene rings is 1. The van der Waals surface area contributed by atoms with Crippen LogP contribution in [0.15, 0.2) is 12.1 Å². The van der Waals surface area contributed by atoms with Crippen LogP contribution in [0.1, 0.15) is 30.6 Å². The molecule has 1 rings (SSSR count). The third-order valence-electron chi connectivity index (χ3n) is 2.59. The Morgan fingerprint density at radius 2 is 1.85 bits per heavy atom. The van der Waals surface area contributed by atoms with Crippen molar-refractivity contribution in [1.82, 2.24) is 0 Å². The molecule has 0 radical (unpaired) electrons. The molecule has 0 bridgehead atoms. The van der Waals surface area contributed by atoms with Gasteiger partial charge in [-0.25, -0.2) is 4.79 Å². The molecular weight excluding hydrogens is 601 g/mol. The van der Waals surface area contributed by atoms with E-state index in [1.165, 1.54) is 0 Å². The van der Waals surface area contributed by atoms with Gasteiger partial charge >= 0.3 is 11.9 Å². The lowest BCUT2D eigenvalue weighted by Gasteiger charge is -2.20. The molecule has 20 heavy (non-hydrogen) atoms. The SMILES string of the molecule is CC(C)C(CC(=O)O)OC(=O)c1cc(I)cc(I)c1I. The van der Waals surface area contributed by atoms with Gasteiger partial charge in [0.05, 0.1) is 12.0 Å². The van der Waals surface area contributed by atoms with Crippen molar-refractivity contribution in [2.45, 2.75) is 26.4 Å². The second-order valence-electron chi connectivity index (χ2n) is 4.53. The summed E-state index contributed by atoms with van der Waals surface area (Å²) in [5.41, 5.74) is 0.484. The summed E-state index contributed by atoms with van der Waals surface area (Å²) in [4.78, 5) is 23.1. The predicted octanol–water partition coefficient (Wildman–Crippen LogP) is 4.16. The fraction of sp³-hybridized carbons (Fsp3) is 0.385. The van der Waals surface area contributed by atoms with E-state index in [2.05, 4.69) is 67.8 Å². The first-order chi connectivity index (χ1) is 9.22. The maximum atomic E-state index is 12.2. The van der Waals surface area contributed by atoms with E-state index >= 15 is 0 Å². The highest BCUT2D eigenvalue weighted by Gasteiger charge is 2.24. The molecule has 1 unspecified atom stereocenters. The number of carboxylic acid groups (broad SMARTS) is 1. The molecule has 4 nitrogen and oxygen atoms in total. The molecule has 1 aromatic rings. The van der Waals surface area contributed by atoms with Crippen LogP contribution < -0.4 is 0 Å². The summed E-state index contributed by atoms with van der Waals surface area (Å²) in [5.74, 6) is -1.48. The summed E-state index contributed by atoms with van der Waals surface area (Å²) in [6.45, 7) is 3.68. The fourth-order valence-electron chi connectivity index (χ4n) is 1.49. The molecule has 0 amide bonds. The van der Waals surface area contributed by atoms with Gasteiger partial charge in [-0.15, -0.1) is 0 Å². The molecule has 1 aromatic carbocycles. The van der Waals surface area contributed by atoms with E-state index in [1.807, 2.05) is 19.9 Å². The summed E-state index contributed by atoms with van der Waals surface area (Å²) < 4.78 is 8.11. The van der Waals surface area contributed by atoms with Crippen molar-refractivity contribution in [3.05, 3.63) is 28.4 Å². The Kier molecular flexibility index (Phi) is 7.46. The molecule has 1 N–H and O–H groups in total. The summed E-state index contributed by atoms with van der Waals surface area (Å²) in [5, 5.41) is 8.86. The average molecular weight is 614 g/mol. The monoisotopic (exact) mass is 614 g/mol. The highest BCUT2D eigenvalue weighted by molar-refractivity contribution is 14.1. The topological polar surface area (TPSA) is 63.6 Å². The maximum Gasteiger partial charge on any atom is 0.339 e. The van der Waals surface area contributed by atoms with Crippen LogP contribution in [0.25, 0.3) is 0 Å². The first-order valence-corrected chi connectivity index (χ1v) is 9.03. The number of carbonyl (C=O) groups excluding carboxylic acids is 1. The largest absolute Gasteiger partial charge is 0.481 e. The second-order valence-corrected chi connectivity index (χ2v) is 8.02. The normalized spacial score (nSPS) is 12.3. The van der Waals surface area contributed by atoms with E-state index in [-0.39, 0.29) is 12.3 Å². The molecule has 7 heteroatoms. The van der Waals surface area contributed by atoms with Crippen LogP contribution in [0, 0.1) is 16.6 Å². The van der Waals surface area contributed by atoms with Gasteiger partial charge in [-0.3, -0.25) is 4.79 Å². The molecule has 0 saturated carbocycles. The number of carboxylic acids is 1. The van der Waals surface area contributed by atoms with Crippen molar-refractivity contribution in [3.8, 4) is 0 Å². The Balaban J connectivity index is 2.97. The van der Waals surface area contributed by atoms with Gasteiger partial charge < -0.3 is 9.84 Å². The van der Waals surface area contributed by atoms with Crippen LogP contribution >= 0.6 is 67.8 Å². The Labute approximate surface area is 158 Å². The van der Waals surface area contributed by atoms with Gasteiger partial charge in [-0.1, -0.05) is 13.8 Å². The molecule has 1 atom stereocenters. The van der Waals surface area contributed by atoms with Crippen LogP contribution in [-0.4, -0.2) is 23.1 Å². The molecule has 0 aromatic heterocycles. The van der Waals surface area contributed by atoms with E-state index in [4.69, 9.17) is 9.84 Å². The highest BCUT2D eigenvalue weighted by atomic mass is 127. The Morgan fingerprint density at radius 1 is 1.25 bits per heavy atom. The Hall–Kier alpha value is 0.350. The molecule has 0 heterocycles. The van der Waals surface area contributed by atoms with Crippen molar-refractivity contribution in [2.24, 2.45) is 5.92 Å². The lowest BCUT2D eigenvalue weighted by molar-refractivity contribution is -0.139. The van der Waals surface area contributed by atoms with Gasteiger partial charge in [0.2, 0.25) is 0 Å². The van der Waals surface area contributed by atoms with Crippen molar-refractivity contribution >= 4 is 79.7 Å².